The fraction of sp³-hybridized carbons (Fsp3) is 0.463. The molecule has 1 fully saturated rings. The van der Waals surface area contributed by atoms with Crippen molar-refractivity contribution < 1.29 is 19.5 Å². The number of likely N-dealkylation sites (tertiary alicyclic amines) is 1. The first-order valence-corrected chi connectivity index (χ1v) is 19.3. The van der Waals surface area contributed by atoms with Gasteiger partial charge in [-0.1, -0.05) is 68.4 Å². The van der Waals surface area contributed by atoms with E-state index in [4.69, 9.17) is 0 Å². The maximum Gasteiger partial charge on any atom is 0.270 e. The van der Waals surface area contributed by atoms with Crippen LogP contribution in [0.2, 0.25) is 0 Å². The number of thioether (sulfide) groups is 1. The summed E-state index contributed by atoms with van der Waals surface area (Å²) in [6, 6.07) is 20.6. The Hall–Kier alpha value is -4.39. The lowest BCUT2D eigenvalue weighted by molar-refractivity contribution is -0.130. The molecule has 5 atom stereocenters. The van der Waals surface area contributed by atoms with Gasteiger partial charge in [0.15, 0.2) is 0 Å². The Labute approximate surface area is 317 Å². The van der Waals surface area contributed by atoms with Crippen LogP contribution >= 0.6 is 11.8 Å². The van der Waals surface area contributed by atoms with E-state index in [1.165, 1.54) is 0 Å². The van der Waals surface area contributed by atoms with E-state index in [-0.39, 0.29) is 29.3 Å². The molecule has 0 radical (unpaired) electrons. The van der Waals surface area contributed by atoms with E-state index in [0.717, 1.165) is 28.1 Å². The molecule has 282 valence electrons. The highest BCUT2D eigenvalue weighted by molar-refractivity contribution is 7.99. The second kappa shape index (κ2) is 17.6. The standard InChI is InChI=1S/C41H53N7O4S/c1-25(2)37(46-38(50)32-18-17-29-15-11-12-16-31(29)44-32)40(52)45-33(22-28-13-9-8-10-14-28)35(49)24-48-20-19-30(23-34(48)39(51)47-41(5,6)7)53-36-21-26(3)42-27(4)43-36/h8-18,21,25,30,33-35,37,49H,19-20,22-24H2,1-7H3,(H,45,52)(H,46,50)(H,47,51)/t30?,33?,34?,35?,37-/m0/s1. The molecule has 2 aromatic carbocycles. The van der Waals surface area contributed by atoms with Gasteiger partial charge in [-0.25, -0.2) is 15.0 Å². The lowest BCUT2D eigenvalue weighted by Crippen LogP contribution is -2.60. The Balaban J connectivity index is 1.33. The van der Waals surface area contributed by atoms with Crippen LogP contribution in [0.25, 0.3) is 10.9 Å². The molecule has 0 aliphatic carbocycles. The third kappa shape index (κ3) is 11.3. The number of rotatable bonds is 13. The SMILES string of the molecule is Cc1cc(SC2CCN(CC(O)C(Cc3ccccc3)NC(=O)[C@@H](NC(=O)c3ccc4ccccc4n3)C(C)C)C(C(=O)NC(C)(C)C)C2)nc(C)n1. The van der Waals surface area contributed by atoms with Crippen LogP contribution in [-0.2, 0) is 16.0 Å². The van der Waals surface area contributed by atoms with Gasteiger partial charge >= 0.3 is 0 Å². The fourth-order valence-corrected chi connectivity index (χ4v) is 7.95. The number of carbonyl (C=O) groups is 3. The van der Waals surface area contributed by atoms with Crippen LogP contribution in [0, 0.1) is 19.8 Å². The Morgan fingerprint density at radius 2 is 1.66 bits per heavy atom. The van der Waals surface area contributed by atoms with Gasteiger partial charge in [0.2, 0.25) is 11.8 Å². The minimum absolute atomic E-state index is 0.0985. The molecule has 1 aliphatic rings. The van der Waals surface area contributed by atoms with Gasteiger partial charge in [0.1, 0.15) is 22.6 Å². The number of aliphatic hydroxyl groups is 1. The monoisotopic (exact) mass is 739 g/mol. The molecular weight excluding hydrogens is 687 g/mol. The van der Waals surface area contributed by atoms with Crippen LogP contribution in [0.15, 0.2) is 77.8 Å². The fourth-order valence-electron chi connectivity index (χ4n) is 6.68. The summed E-state index contributed by atoms with van der Waals surface area (Å²) in [5.74, 6) is -0.490. The molecule has 12 heteroatoms. The summed E-state index contributed by atoms with van der Waals surface area (Å²) in [7, 11) is 0. The highest BCUT2D eigenvalue weighted by Crippen LogP contribution is 2.33. The summed E-state index contributed by atoms with van der Waals surface area (Å²) < 4.78 is 0. The number of nitrogens with one attached hydrogen (secondary N) is 3. The highest BCUT2D eigenvalue weighted by Gasteiger charge is 2.38. The number of pyridine rings is 1. The van der Waals surface area contributed by atoms with Crippen molar-refractivity contribution in [3.63, 3.8) is 0 Å². The number of amides is 3. The van der Waals surface area contributed by atoms with Gasteiger partial charge in [0.05, 0.1) is 23.7 Å². The highest BCUT2D eigenvalue weighted by atomic mass is 32.2. The van der Waals surface area contributed by atoms with Crippen LogP contribution < -0.4 is 16.0 Å². The minimum Gasteiger partial charge on any atom is -0.390 e. The van der Waals surface area contributed by atoms with Crippen molar-refractivity contribution in [3.8, 4) is 0 Å². The Bertz CT molecular complexity index is 1860. The number of benzene rings is 2. The molecule has 4 aromatic rings. The third-order valence-electron chi connectivity index (χ3n) is 9.27. The van der Waals surface area contributed by atoms with E-state index >= 15 is 0 Å². The number of carbonyl (C=O) groups excluding carboxylic acids is 3. The Kier molecular flexibility index (Phi) is 13.2. The van der Waals surface area contributed by atoms with E-state index < -0.39 is 41.6 Å². The average molecular weight is 740 g/mol. The number of aromatic nitrogens is 3. The van der Waals surface area contributed by atoms with Crippen molar-refractivity contribution in [2.75, 3.05) is 13.1 Å². The van der Waals surface area contributed by atoms with Crippen molar-refractivity contribution in [1.82, 2.24) is 35.8 Å². The molecule has 3 heterocycles. The normalized spacial score (nSPS) is 18.3. The summed E-state index contributed by atoms with van der Waals surface area (Å²) in [5.41, 5.74) is 2.31. The molecular formula is C41H53N7O4S. The van der Waals surface area contributed by atoms with E-state index in [9.17, 15) is 19.5 Å². The molecule has 11 nitrogen and oxygen atoms in total. The zero-order valence-corrected chi connectivity index (χ0v) is 32.6. The van der Waals surface area contributed by atoms with Gasteiger partial charge in [-0.3, -0.25) is 19.3 Å². The van der Waals surface area contributed by atoms with E-state index in [2.05, 4.69) is 30.9 Å². The summed E-state index contributed by atoms with van der Waals surface area (Å²) in [5, 5.41) is 23.0. The minimum atomic E-state index is -1.02. The summed E-state index contributed by atoms with van der Waals surface area (Å²) in [6.07, 6.45) is 0.697. The van der Waals surface area contributed by atoms with Crippen molar-refractivity contribution in [1.29, 1.82) is 0 Å². The number of fused-ring (bicyclic) bond motifs is 1. The second-order valence-electron chi connectivity index (χ2n) is 15.4. The van der Waals surface area contributed by atoms with Gasteiger partial charge in [0.25, 0.3) is 5.91 Å². The maximum atomic E-state index is 14.0. The topological polar surface area (TPSA) is 149 Å². The van der Waals surface area contributed by atoms with Crippen LogP contribution in [0.3, 0.4) is 0 Å². The van der Waals surface area contributed by atoms with Crippen molar-refractivity contribution in [2.45, 2.75) is 108 Å². The van der Waals surface area contributed by atoms with Gasteiger partial charge in [-0.15, -0.1) is 11.8 Å². The quantitative estimate of drug-likeness (QED) is 0.139. The zero-order chi connectivity index (χ0) is 38.3. The number of piperidine rings is 1. The number of aliphatic hydroxyl groups excluding tert-OH is 1. The van der Waals surface area contributed by atoms with Crippen LogP contribution in [0.4, 0.5) is 0 Å². The van der Waals surface area contributed by atoms with Crippen molar-refractivity contribution >= 4 is 40.4 Å². The lowest BCUT2D eigenvalue weighted by atomic mass is 9.95. The second-order valence-corrected chi connectivity index (χ2v) is 16.7. The molecule has 2 aromatic heterocycles. The number of para-hydroxylation sites is 1. The van der Waals surface area contributed by atoms with Crippen LogP contribution in [0.1, 0.15) is 75.0 Å². The molecule has 0 bridgehead atoms. The number of aryl methyl sites for hydroxylation is 2. The van der Waals surface area contributed by atoms with E-state index in [1.807, 2.05) is 120 Å². The van der Waals surface area contributed by atoms with Gasteiger partial charge < -0.3 is 21.1 Å². The summed E-state index contributed by atoms with van der Waals surface area (Å²) >= 11 is 1.66. The molecule has 0 saturated carbocycles. The van der Waals surface area contributed by atoms with Crippen LogP contribution in [0.5, 0.6) is 0 Å². The Morgan fingerprint density at radius 3 is 2.36 bits per heavy atom. The first kappa shape index (κ1) is 39.8. The lowest BCUT2D eigenvalue weighted by Gasteiger charge is -2.41. The Morgan fingerprint density at radius 1 is 0.943 bits per heavy atom. The maximum absolute atomic E-state index is 14.0. The predicted octanol–water partition coefficient (Wildman–Crippen LogP) is 5.02. The zero-order valence-electron chi connectivity index (χ0n) is 31.8. The summed E-state index contributed by atoms with van der Waals surface area (Å²) in [6.45, 7) is 14.2. The van der Waals surface area contributed by atoms with E-state index in [0.29, 0.717) is 30.7 Å². The summed E-state index contributed by atoms with van der Waals surface area (Å²) in [4.78, 5) is 56.8. The number of β-amino-alcohol motifs (C(OH)–C–C–N with tert-alkyl or cyclic N) is 1. The van der Waals surface area contributed by atoms with Crippen molar-refractivity contribution in [2.24, 2.45) is 5.92 Å². The number of hydrogen-bond donors (Lipinski definition) is 4. The number of nitrogens with zero attached hydrogens (tertiary/aromatic N) is 4. The van der Waals surface area contributed by atoms with Gasteiger partial charge in [-0.05, 0) is 83.6 Å². The molecule has 3 amide bonds. The largest absolute Gasteiger partial charge is 0.390 e. The van der Waals surface area contributed by atoms with Gasteiger partial charge in [-0.2, -0.15) is 0 Å². The molecule has 4 N–H and O–H groups in total. The first-order valence-electron chi connectivity index (χ1n) is 18.4. The molecule has 53 heavy (non-hydrogen) atoms. The van der Waals surface area contributed by atoms with Crippen molar-refractivity contribution in [3.05, 3.63) is 95.6 Å². The third-order valence-corrected chi connectivity index (χ3v) is 10.5. The molecule has 1 saturated heterocycles. The smallest absolute Gasteiger partial charge is 0.270 e. The average Bonchev–Trinajstić information content (AvgIpc) is 3.09. The molecule has 4 unspecified atom stereocenters. The van der Waals surface area contributed by atoms with Crippen LogP contribution in [-0.4, -0.2) is 90.8 Å². The predicted molar refractivity (Wildman–Crippen MR) is 210 cm³/mol. The van der Waals surface area contributed by atoms with Gasteiger partial charge in [0, 0.05) is 35.0 Å². The molecule has 1 aliphatic heterocycles. The number of hydrogen-bond acceptors (Lipinski definition) is 9. The van der Waals surface area contributed by atoms with E-state index in [1.54, 1.807) is 17.8 Å². The molecule has 0 spiro atoms. The molecule has 5 rings (SSSR count). The first-order chi connectivity index (χ1) is 25.1.